The van der Waals surface area contributed by atoms with Gasteiger partial charge in [0.15, 0.2) is 0 Å². The number of nitrogens with one attached hydrogen (secondary N) is 2. The smallest absolute Gasteiger partial charge is 0.240 e. The Labute approximate surface area is 126 Å². The van der Waals surface area contributed by atoms with Crippen LogP contribution in [0, 0.1) is 6.92 Å². The molecule has 2 N–H and O–H groups in total. The molecule has 0 bridgehead atoms. The second-order valence-electron chi connectivity index (χ2n) is 4.57. The van der Waals surface area contributed by atoms with E-state index >= 15 is 0 Å². The van der Waals surface area contributed by atoms with E-state index in [0.29, 0.717) is 31.3 Å². The summed E-state index contributed by atoms with van der Waals surface area (Å²) in [5.74, 6) is 0. The van der Waals surface area contributed by atoms with Crippen LogP contribution in [0.4, 0.5) is 0 Å². The highest BCUT2D eigenvalue weighted by Gasteiger charge is 2.17. The van der Waals surface area contributed by atoms with E-state index in [1.165, 1.54) is 0 Å². The predicted molar refractivity (Wildman–Crippen MR) is 81.8 cm³/mol. The highest BCUT2D eigenvalue weighted by molar-refractivity contribution is 7.89. The van der Waals surface area contributed by atoms with Crippen LogP contribution in [-0.2, 0) is 26.0 Å². The molecule has 1 aromatic rings. The molecule has 0 saturated heterocycles. The monoisotopic (exact) mass is 316 g/mol. The molecule has 0 amide bonds. The molecule has 120 valence electrons. The highest BCUT2D eigenvalue weighted by Crippen LogP contribution is 2.18. The Balaban J connectivity index is 2.64. The Morgan fingerprint density at radius 1 is 1.19 bits per heavy atom. The molecule has 0 atom stereocenters. The molecule has 6 nitrogen and oxygen atoms in total. The van der Waals surface area contributed by atoms with Gasteiger partial charge >= 0.3 is 0 Å². The third-order valence-corrected chi connectivity index (χ3v) is 4.63. The maximum Gasteiger partial charge on any atom is 0.240 e. The van der Waals surface area contributed by atoms with E-state index in [1.54, 1.807) is 19.2 Å². The van der Waals surface area contributed by atoms with E-state index in [1.807, 2.05) is 20.0 Å². The Morgan fingerprint density at radius 2 is 1.95 bits per heavy atom. The zero-order chi connectivity index (χ0) is 15.7. The normalized spacial score (nSPS) is 11.8. The maximum atomic E-state index is 12.3. The van der Waals surface area contributed by atoms with Gasteiger partial charge < -0.3 is 14.8 Å². The Morgan fingerprint density at radius 3 is 2.62 bits per heavy atom. The lowest BCUT2D eigenvalue weighted by atomic mass is 10.1. The number of methoxy groups -OCH3 is 1. The van der Waals surface area contributed by atoms with Crippen LogP contribution in [0.5, 0.6) is 0 Å². The molecular weight excluding hydrogens is 292 g/mol. The third-order valence-electron chi connectivity index (χ3n) is 3.02. The zero-order valence-corrected chi connectivity index (χ0v) is 13.6. The number of hydrogen-bond donors (Lipinski definition) is 2. The standard InChI is InChI=1S/C14H24N2O4S/c1-12-13(11-15-2)5-4-6-14(12)21(17,18)16-7-8-20-10-9-19-3/h4-6,15-16H,7-11H2,1-3H3. The van der Waals surface area contributed by atoms with Crippen molar-refractivity contribution in [2.24, 2.45) is 0 Å². The largest absolute Gasteiger partial charge is 0.382 e. The SMILES string of the molecule is CNCc1cccc(S(=O)(=O)NCCOCCOC)c1C. The summed E-state index contributed by atoms with van der Waals surface area (Å²) in [5, 5.41) is 3.03. The minimum Gasteiger partial charge on any atom is -0.382 e. The van der Waals surface area contributed by atoms with Gasteiger partial charge in [0.1, 0.15) is 0 Å². The van der Waals surface area contributed by atoms with Crippen molar-refractivity contribution in [2.45, 2.75) is 18.4 Å². The average molecular weight is 316 g/mol. The molecule has 1 rings (SSSR count). The highest BCUT2D eigenvalue weighted by atomic mass is 32.2. The van der Waals surface area contributed by atoms with Crippen molar-refractivity contribution in [1.29, 1.82) is 0 Å². The molecule has 0 aliphatic heterocycles. The van der Waals surface area contributed by atoms with E-state index in [9.17, 15) is 8.42 Å². The molecule has 0 aliphatic carbocycles. The number of rotatable bonds is 10. The molecule has 7 heteroatoms. The molecule has 0 aromatic heterocycles. The molecule has 0 fully saturated rings. The molecule has 1 aromatic carbocycles. The van der Waals surface area contributed by atoms with E-state index in [4.69, 9.17) is 9.47 Å². The van der Waals surface area contributed by atoms with Crippen LogP contribution in [0.15, 0.2) is 23.1 Å². The van der Waals surface area contributed by atoms with Crippen molar-refractivity contribution >= 4 is 10.0 Å². The summed E-state index contributed by atoms with van der Waals surface area (Å²) in [6.07, 6.45) is 0. The zero-order valence-electron chi connectivity index (χ0n) is 12.8. The van der Waals surface area contributed by atoms with E-state index in [-0.39, 0.29) is 6.54 Å². The number of benzene rings is 1. The van der Waals surface area contributed by atoms with Crippen LogP contribution in [0.25, 0.3) is 0 Å². The number of sulfonamides is 1. The quantitative estimate of drug-likeness (QED) is 0.620. The van der Waals surface area contributed by atoms with Crippen LogP contribution < -0.4 is 10.0 Å². The molecule has 0 unspecified atom stereocenters. The second-order valence-corrected chi connectivity index (χ2v) is 6.31. The first-order valence-electron chi connectivity index (χ1n) is 6.82. The Hall–Kier alpha value is -0.990. The van der Waals surface area contributed by atoms with Gasteiger partial charge in [-0.05, 0) is 31.2 Å². The molecule has 0 spiro atoms. The molecule has 0 aliphatic rings. The van der Waals surface area contributed by atoms with Crippen molar-refractivity contribution < 1.29 is 17.9 Å². The topological polar surface area (TPSA) is 76.7 Å². The predicted octanol–water partition coefficient (Wildman–Crippen LogP) is 0.656. The number of hydrogen-bond acceptors (Lipinski definition) is 5. The van der Waals surface area contributed by atoms with E-state index in [2.05, 4.69) is 10.0 Å². The lowest BCUT2D eigenvalue weighted by Gasteiger charge is -2.12. The fraction of sp³-hybridized carbons (Fsp3) is 0.571. The van der Waals surface area contributed by atoms with E-state index in [0.717, 1.165) is 11.1 Å². The fourth-order valence-electron chi connectivity index (χ4n) is 1.90. The van der Waals surface area contributed by atoms with Crippen molar-refractivity contribution in [3.8, 4) is 0 Å². The first-order chi connectivity index (χ1) is 10.0. The molecule has 21 heavy (non-hydrogen) atoms. The van der Waals surface area contributed by atoms with Gasteiger partial charge in [0.05, 0.1) is 24.7 Å². The van der Waals surface area contributed by atoms with Crippen molar-refractivity contribution in [2.75, 3.05) is 40.5 Å². The van der Waals surface area contributed by atoms with Crippen LogP contribution in [0.2, 0.25) is 0 Å². The average Bonchev–Trinajstić information content (AvgIpc) is 2.45. The molecule has 0 radical (unpaired) electrons. The Kier molecular flexibility index (Phi) is 7.84. The van der Waals surface area contributed by atoms with Gasteiger partial charge in [-0.3, -0.25) is 0 Å². The Bertz CT molecular complexity index is 532. The second kappa shape index (κ2) is 9.11. The van der Waals surface area contributed by atoms with Gasteiger partial charge in [-0.2, -0.15) is 0 Å². The molecule has 0 heterocycles. The van der Waals surface area contributed by atoms with Gasteiger partial charge in [-0.1, -0.05) is 12.1 Å². The fourth-order valence-corrected chi connectivity index (χ4v) is 3.20. The van der Waals surface area contributed by atoms with Gasteiger partial charge in [0.2, 0.25) is 10.0 Å². The molecular formula is C14H24N2O4S. The van der Waals surface area contributed by atoms with Crippen molar-refractivity contribution in [3.63, 3.8) is 0 Å². The summed E-state index contributed by atoms with van der Waals surface area (Å²) in [5.41, 5.74) is 1.73. The first-order valence-corrected chi connectivity index (χ1v) is 8.30. The lowest BCUT2D eigenvalue weighted by Crippen LogP contribution is -2.28. The van der Waals surface area contributed by atoms with Crippen molar-refractivity contribution in [3.05, 3.63) is 29.3 Å². The number of ether oxygens (including phenoxy) is 2. The third kappa shape index (κ3) is 5.72. The van der Waals surface area contributed by atoms with Gasteiger partial charge in [0.25, 0.3) is 0 Å². The van der Waals surface area contributed by atoms with Crippen LogP contribution in [0.1, 0.15) is 11.1 Å². The minimum absolute atomic E-state index is 0.238. The van der Waals surface area contributed by atoms with Crippen LogP contribution in [0.3, 0.4) is 0 Å². The van der Waals surface area contributed by atoms with Crippen LogP contribution in [-0.4, -0.2) is 48.9 Å². The summed E-state index contributed by atoms with van der Waals surface area (Å²) in [6, 6.07) is 5.28. The van der Waals surface area contributed by atoms with Gasteiger partial charge in [-0.15, -0.1) is 0 Å². The summed E-state index contributed by atoms with van der Waals surface area (Å²) in [4.78, 5) is 0.312. The summed E-state index contributed by atoms with van der Waals surface area (Å²) in [6.45, 7) is 3.96. The minimum atomic E-state index is -3.51. The van der Waals surface area contributed by atoms with Gasteiger partial charge in [0, 0.05) is 20.2 Å². The van der Waals surface area contributed by atoms with Crippen LogP contribution >= 0.6 is 0 Å². The van der Waals surface area contributed by atoms with Crippen molar-refractivity contribution in [1.82, 2.24) is 10.0 Å². The van der Waals surface area contributed by atoms with Gasteiger partial charge in [-0.25, -0.2) is 13.1 Å². The maximum absolute atomic E-state index is 12.3. The summed E-state index contributed by atoms with van der Waals surface area (Å²) >= 11 is 0. The van der Waals surface area contributed by atoms with E-state index < -0.39 is 10.0 Å². The summed E-state index contributed by atoms with van der Waals surface area (Å²) in [7, 11) is -0.0937. The molecule has 0 saturated carbocycles. The summed E-state index contributed by atoms with van der Waals surface area (Å²) < 4.78 is 37.2. The lowest BCUT2D eigenvalue weighted by molar-refractivity contribution is 0.0736. The first kappa shape index (κ1) is 18.1.